The molecular weight excluding hydrogens is 310 g/mol. The number of anilines is 1. The number of phenolic OH excluding ortho intramolecular Hbond substituents is 1. The van der Waals surface area contributed by atoms with Crippen LogP contribution in [0.1, 0.15) is 10.4 Å². The minimum atomic E-state index is -0.115. The van der Waals surface area contributed by atoms with E-state index < -0.39 is 0 Å². The number of ketones is 1. The lowest BCUT2D eigenvalue weighted by Crippen LogP contribution is -1.97. The first kappa shape index (κ1) is 15.1. The summed E-state index contributed by atoms with van der Waals surface area (Å²) in [7, 11) is 0. The maximum Gasteiger partial charge on any atom is 0.187 e. The standard InChI is InChI=1S/C19H14ClNO2/c20-14-8-9-19(23)17(12-14)21-11-10-18(22)16-7-3-5-13-4-1-2-6-15(13)16/h1-12,21,23H. The summed E-state index contributed by atoms with van der Waals surface area (Å²) >= 11 is 5.88. The van der Waals surface area contributed by atoms with Gasteiger partial charge in [-0.2, -0.15) is 0 Å². The molecule has 0 saturated heterocycles. The van der Waals surface area contributed by atoms with Crippen LogP contribution < -0.4 is 5.32 Å². The number of phenols is 1. The van der Waals surface area contributed by atoms with Crippen molar-refractivity contribution in [3.8, 4) is 5.75 Å². The number of hydrogen-bond donors (Lipinski definition) is 2. The molecule has 0 heterocycles. The second-order valence-electron chi connectivity index (χ2n) is 5.03. The Morgan fingerprint density at radius 1 is 1.04 bits per heavy atom. The van der Waals surface area contributed by atoms with Crippen LogP contribution in [0.25, 0.3) is 10.8 Å². The van der Waals surface area contributed by atoms with Crippen LogP contribution in [0.5, 0.6) is 5.75 Å². The monoisotopic (exact) mass is 323 g/mol. The fraction of sp³-hybridized carbons (Fsp3) is 0. The molecule has 0 aliphatic rings. The molecule has 0 radical (unpaired) electrons. The van der Waals surface area contributed by atoms with Crippen LogP contribution >= 0.6 is 11.6 Å². The third-order valence-electron chi connectivity index (χ3n) is 3.49. The van der Waals surface area contributed by atoms with Crippen molar-refractivity contribution in [2.45, 2.75) is 0 Å². The van der Waals surface area contributed by atoms with E-state index in [-0.39, 0.29) is 11.5 Å². The van der Waals surface area contributed by atoms with Crippen LogP contribution in [0.3, 0.4) is 0 Å². The van der Waals surface area contributed by atoms with Gasteiger partial charge in [-0.05, 0) is 29.0 Å². The summed E-state index contributed by atoms with van der Waals surface area (Å²) in [6.45, 7) is 0. The fourth-order valence-electron chi connectivity index (χ4n) is 2.36. The van der Waals surface area contributed by atoms with Gasteiger partial charge in [0.15, 0.2) is 5.78 Å². The zero-order valence-corrected chi connectivity index (χ0v) is 12.9. The highest BCUT2D eigenvalue weighted by molar-refractivity contribution is 6.30. The van der Waals surface area contributed by atoms with E-state index in [0.717, 1.165) is 10.8 Å². The Morgan fingerprint density at radius 2 is 1.83 bits per heavy atom. The average molecular weight is 324 g/mol. The number of aromatic hydroxyl groups is 1. The van der Waals surface area contributed by atoms with Crippen molar-refractivity contribution >= 4 is 33.8 Å². The van der Waals surface area contributed by atoms with Gasteiger partial charge < -0.3 is 10.4 Å². The van der Waals surface area contributed by atoms with Crippen molar-refractivity contribution in [1.29, 1.82) is 0 Å². The molecule has 0 aromatic heterocycles. The highest BCUT2D eigenvalue weighted by Crippen LogP contribution is 2.26. The first-order chi connectivity index (χ1) is 11.1. The summed E-state index contributed by atoms with van der Waals surface area (Å²) in [5.41, 5.74) is 1.08. The third-order valence-corrected chi connectivity index (χ3v) is 3.72. The first-order valence-electron chi connectivity index (χ1n) is 7.09. The third kappa shape index (κ3) is 3.35. The molecule has 0 atom stereocenters. The Balaban J connectivity index is 1.82. The number of carbonyl (C=O) groups is 1. The number of halogens is 1. The molecule has 0 bridgehead atoms. The molecule has 0 unspecified atom stereocenters. The molecule has 0 aliphatic carbocycles. The van der Waals surface area contributed by atoms with Crippen LogP contribution in [0.15, 0.2) is 72.9 Å². The maximum atomic E-state index is 12.4. The molecule has 3 aromatic rings. The van der Waals surface area contributed by atoms with Crippen LogP contribution in [-0.2, 0) is 0 Å². The van der Waals surface area contributed by atoms with E-state index >= 15 is 0 Å². The van der Waals surface area contributed by atoms with Gasteiger partial charge >= 0.3 is 0 Å². The van der Waals surface area contributed by atoms with Gasteiger partial charge in [0.25, 0.3) is 0 Å². The summed E-state index contributed by atoms with van der Waals surface area (Å²) in [6, 6.07) is 18.0. The Morgan fingerprint density at radius 3 is 2.70 bits per heavy atom. The molecule has 23 heavy (non-hydrogen) atoms. The largest absolute Gasteiger partial charge is 0.506 e. The topological polar surface area (TPSA) is 49.3 Å². The fourth-order valence-corrected chi connectivity index (χ4v) is 2.53. The molecule has 4 heteroatoms. The lowest BCUT2D eigenvalue weighted by molar-refractivity contribution is 0.104. The van der Waals surface area contributed by atoms with Gasteiger partial charge in [-0.3, -0.25) is 4.79 Å². The average Bonchev–Trinajstić information content (AvgIpc) is 2.57. The quantitative estimate of drug-likeness (QED) is 0.403. The summed E-state index contributed by atoms with van der Waals surface area (Å²) in [4.78, 5) is 12.4. The van der Waals surface area contributed by atoms with Crippen molar-refractivity contribution in [2.24, 2.45) is 0 Å². The number of benzene rings is 3. The van der Waals surface area contributed by atoms with E-state index in [1.54, 1.807) is 18.2 Å². The first-order valence-corrected chi connectivity index (χ1v) is 7.46. The van der Waals surface area contributed by atoms with E-state index in [0.29, 0.717) is 16.3 Å². The van der Waals surface area contributed by atoms with Crippen LogP contribution in [0.2, 0.25) is 5.02 Å². The van der Waals surface area contributed by atoms with Gasteiger partial charge in [0.1, 0.15) is 5.75 Å². The molecule has 0 spiro atoms. The van der Waals surface area contributed by atoms with Crippen LogP contribution in [0.4, 0.5) is 5.69 Å². The normalized spacial score (nSPS) is 11.0. The summed E-state index contributed by atoms with van der Waals surface area (Å²) < 4.78 is 0. The minimum Gasteiger partial charge on any atom is -0.506 e. The number of carbonyl (C=O) groups excluding carboxylic acids is 1. The molecule has 0 saturated carbocycles. The van der Waals surface area contributed by atoms with Gasteiger partial charge in [-0.15, -0.1) is 0 Å². The van der Waals surface area contributed by atoms with E-state index in [4.69, 9.17) is 11.6 Å². The molecule has 2 N–H and O–H groups in total. The summed E-state index contributed by atoms with van der Waals surface area (Å²) in [5.74, 6) is -0.0486. The van der Waals surface area contributed by atoms with Crippen molar-refractivity contribution < 1.29 is 9.90 Å². The zero-order valence-electron chi connectivity index (χ0n) is 12.2. The van der Waals surface area contributed by atoms with Crippen molar-refractivity contribution in [3.05, 3.63) is 83.5 Å². The molecule has 3 nitrogen and oxygen atoms in total. The van der Waals surface area contributed by atoms with Gasteiger partial charge in [0, 0.05) is 22.9 Å². The second-order valence-corrected chi connectivity index (χ2v) is 5.47. The van der Waals surface area contributed by atoms with Crippen LogP contribution in [-0.4, -0.2) is 10.9 Å². The summed E-state index contributed by atoms with van der Waals surface area (Å²) in [5, 5.41) is 15.0. The Hall–Kier alpha value is -2.78. The molecule has 0 aliphatic heterocycles. The molecule has 3 rings (SSSR count). The predicted molar refractivity (Wildman–Crippen MR) is 94.2 cm³/mol. The SMILES string of the molecule is O=C(C=CNc1cc(Cl)ccc1O)c1cccc2ccccc12. The van der Waals surface area contributed by atoms with E-state index in [2.05, 4.69) is 5.32 Å². The summed E-state index contributed by atoms with van der Waals surface area (Å²) in [6.07, 6.45) is 2.93. The van der Waals surface area contributed by atoms with E-state index in [1.165, 1.54) is 18.3 Å². The van der Waals surface area contributed by atoms with Crippen molar-refractivity contribution in [1.82, 2.24) is 0 Å². The maximum absolute atomic E-state index is 12.4. The highest BCUT2D eigenvalue weighted by Gasteiger charge is 2.06. The minimum absolute atomic E-state index is 0.0664. The Bertz CT molecular complexity index is 898. The molecule has 0 amide bonds. The highest BCUT2D eigenvalue weighted by atomic mass is 35.5. The molecule has 114 valence electrons. The molecule has 3 aromatic carbocycles. The number of rotatable bonds is 4. The van der Waals surface area contributed by atoms with Crippen molar-refractivity contribution in [3.63, 3.8) is 0 Å². The zero-order chi connectivity index (χ0) is 16.2. The Kier molecular flexibility index (Phi) is 4.31. The number of fused-ring (bicyclic) bond motifs is 1. The number of hydrogen-bond acceptors (Lipinski definition) is 3. The molecule has 0 fully saturated rings. The van der Waals surface area contributed by atoms with E-state index in [9.17, 15) is 9.90 Å². The second kappa shape index (κ2) is 6.55. The van der Waals surface area contributed by atoms with Gasteiger partial charge in [0.2, 0.25) is 0 Å². The lowest BCUT2D eigenvalue weighted by Gasteiger charge is -2.05. The predicted octanol–water partition coefficient (Wildman–Crippen LogP) is 5.01. The van der Waals surface area contributed by atoms with Gasteiger partial charge in [-0.25, -0.2) is 0 Å². The van der Waals surface area contributed by atoms with Gasteiger partial charge in [0.05, 0.1) is 5.69 Å². The van der Waals surface area contributed by atoms with Crippen LogP contribution in [0, 0.1) is 0 Å². The smallest absolute Gasteiger partial charge is 0.187 e. The van der Waals surface area contributed by atoms with Crippen molar-refractivity contribution in [2.75, 3.05) is 5.32 Å². The molecular formula is C19H14ClNO2. The van der Waals surface area contributed by atoms with E-state index in [1.807, 2.05) is 36.4 Å². The Labute approximate surface area is 138 Å². The van der Waals surface area contributed by atoms with Gasteiger partial charge in [-0.1, -0.05) is 54.1 Å². The number of allylic oxidation sites excluding steroid dienone is 1. The number of nitrogens with one attached hydrogen (secondary N) is 1. The lowest BCUT2D eigenvalue weighted by atomic mass is 10.0.